The van der Waals surface area contributed by atoms with Crippen LogP contribution in [-0.4, -0.2) is 17.1 Å². The molecule has 0 N–H and O–H groups in total. The summed E-state index contributed by atoms with van der Waals surface area (Å²) in [6.07, 6.45) is 2.02. The van der Waals surface area contributed by atoms with E-state index in [4.69, 9.17) is 4.74 Å². The van der Waals surface area contributed by atoms with Gasteiger partial charge in [0.2, 0.25) is 0 Å². The number of rotatable bonds is 4. The molecule has 2 aromatic carbocycles. The van der Waals surface area contributed by atoms with Crippen LogP contribution in [0.25, 0.3) is 16.8 Å². The van der Waals surface area contributed by atoms with Crippen LogP contribution >= 0.6 is 0 Å². The minimum absolute atomic E-state index is 0.278. The van der Waals surface area contributed by atoms with E-state index >= 15 is 0 Å². The van der Waals surface area contributed by atoms with Crippen molar-refractivity contribution in [1.29, 1.82) is 0 Å². The molecule has 3 rings (SSSR count). The topological polar surface area (TPSA) is 31.2 Å². The average molecular weight is 319 g/mol. The maximum atomic E-state index is 12.5. The zero-order valence-electron chi connectivity index (χ0n) is 14.2. The van der Waals surface area contributed by atoms with E-state index in [0.717, 1.165) is 22.5 Å². The first kappa shape index (κ1) is 16.1. The van der Waals surface area contributed by atoms with E-state index in [1.54, 1.807) is 0 Å². The number of aromatic nitrogens is 1. The molecule has 0 radical (unpaired) electrons. The number of hydrogen-bond acceptors (Lipinski definition) is 2. The maximum absolute atomic E-state index is 12.5. The van der Waals surface area contributed by atoms with Crippen molar-refractivity contribution >= 4 is 5.97 Å². The van der Waals surface area contributed by atoms with Gasteiger partial charge in [-0.3, -0.25) is 0 Å². The van der Waals surface area contributed by atoms with Crippen molar-refractivity contribution in [1.82, 2.24) is 4.57 Å². The van der Waals surface area contributed by atoms with Gasteiger partial charge in [0.1, 0.15) is 0 Å². The Morgan fingerprint density at radius 3 is 2.29 bits per heavy atom. The first-order valence-corrected chi connectivity index (χ1v) is 8.13. The molecule has 0 atom stereocenters. The third kappa shape index (κ3) is 2.98. The zero-order chi connectivity index (χ0) is 17.1. The quantitative estimate of drug-likeness (QED) is 0.638. The number of hydrogen-bond donors (Lipinski definition) is 0. The number of aryl methyl sites for hydroxylation is 1. The molecule has 3 heteroatoms. The Morgan fingerprint density at radius 1 is 1.00 bits per heavy atom. The summed E-state index contributed by atoms with van der Waals surface area (Å²) in [6.45, 7) is 6.21. The molecule has 0 unspecified atom stereocenters. The van der Waals surface area contributed by atoms with Crippen molar-refractivity contribution in [2.24, 2.45) is 0 Å². The molecule has 0 bridgehead atoms. The van der Waals surface area contributed by atoms with Crippen LogP contribution in [0, 0.1) is 13.8 Å². The fourth-order valence-corrected chi connectivity index (χ4v) is 2.88. The van der Waals surface area contributed by atoms with Crippen LogP contribution in [0.1, 0.15) is 28.5 Å². The highest BCUT2D eigenvalue weighted by atomic mass is 16.5. The van der Waals surface area contributed by atoms with Crippen LogP contribution < -0.4 is 0 Å². The molecule has 122 valence electrons. The molecule has 0 saturated carbocycles. The predicted octanol–water partition coefficient (Wildman–Crippen LogP) is 4.94. The van der Waals surface area contributed by atoms with E-state index in [1.165, 1.54) is 5.56 Å². The number of nitrogens with zero attached hydrogens (tertiary/aromatic N) is 1. The molecule has 1 aromatic heterocycles. The van der Waals surface area contributed by atoms with Crippen molar-refractivity contribution in [3.63, 3.8) is 0 Å². The normalized spacial score (nSPS) is 10.6. The van der Waals surface area contributed by atoms with Crippen molar-refractivity contribution < 1.29 is 9.53 Å². The summed E-state index contributed by atoms with van der Waals surface area (Å²) in [5, 5.41) is 0. The lowest BCUT2D eigenvalue weighted by Gasteiger charge is -2.08. The predicted molar refractivity (Wildman–Crippen MR) is 96.6 cm³/mol. The average Bonchev–Trinajstić information content (AvgIpc) is 2.94. The minimum atomic E-state index is -0.278. The standard InChI is InChI=1S/C21H21NO2/c1-4-24-21(23)20-16(3)22(18-12-10-15(2)11-13-18)14-19(20)17-8-6-5-7-9-17/h5-14H,4H2,1-3H3. The van der Waals surface area contributed by atoms with Gasteiger partial charge in [-0.25, -0.2) is 4.79 Å². The Bertz CT molecular complexity index is 846. The Morgan fingerprint density at radius 2 is 1.67 bits per heavy atom. The van der Waals surface area contributed by atoms with E-state index in [2.05, 4.69) is 31.2 Å². The number of ether oxygens (including phenoxy) is 1. The van der Waals surface area contributed by atoms with Crippen molar-refractivity contribution in [3.8, 4) is 16.8 Å². The van der Waals surface area contributed by atoms with Gasteiger partial charge in [-0.1, -0.05) is 48.0 Å². The number of esters is 1. The zero-order valence-corrected chi connectivity index (χ0v) is 14.2. The highest BCUT2D eigenvalue weighted by molar-refractivity contribution is 5.99. The highest BCUT2D eigenvalue weighted by Crippen LogP contribution is 2.30. The number of carbonyl (C=O) groups is 1. The lowest BCUT2D eigenvalue weighted by atomic mass is 10.0. The second kappa shape index (κ2) is 6.75. The summed E-state index contributed by atoms with van der Waals surface area (Å²) in [6, 6.07) is 18.2. The fraction of sp³-hybridized carbons (Fsp3) is 0.190. The molecule has 0 aliphatic carbocycles. The van der Waals surface area contributed by atoms with Crippen LogP contribution in [0.4, 0.5) is 0 Å². The Hall–Kier alpha value is -2.81. The molecule has 0 amide bonds. The van der Waals surface area contributed by atoms with E-state index < -0.39 is 0 Å². The molecule has 0 spiro atoms. The van der Waals surface area contributed by atoms with Gasteiger partial charge in [-0.05, 0) is 38.5 Å². The SMILES string of the molecule is CCOC(=O)c1c(-c2ccccc2)cn(-c2ccc(C)cc2)c1C. The molecule has 0 aliphatic rings. The number of benzene rings is 2. The van der Waals surface area contributed by atoms with Gasteiger partial charge in [-0.15, -0.1) is 0 Å². The largest absolute Gasteiger partial charge is 0.462 e. The van der Waals surface area contributed by atoms with E-state index in [0.29, 0.717) is 12.2 Å². The summed E-state index contributed by atoms with van der Waals surface area (Å²) in [5.41, 5.74) is 5.66. The summed E-state index contributed by atoms with van der Waals surface area (Å²) in [7, 11) is 0. The molecule has 0 saturated heterocycles. The highest BCUT2D eigenvalue weighted by Gasteiger charge is 2.22. The monoisotopic (exact) mass is 319 g/mol. The molecular formula is C21H21NO2. The molecule has 1 heterocycles. The molecule has 0 aliphatic heterocycles. The molecule has 3 aromatic rings. The first-order valence-electron chi connectivity index (χ1n) is 8.13. The maximum Gasteiger partial charge on any atom is 0.340 e. The van der Waals surface area contributed by atoms with Gasteiger partial charge in [-0.2, -0.15) is 0 Å². The summed E-state index contributed by atoms with van der Waals surface area (Å²) >= 11 is 0. The second-order valence-corrected chi connectivity index (χ2v) is 5.80. The van der Waals surface area contributed by atoms with Gasteiger partial charge in [0.15, 0.2) is 0 Å². The molecule has 3 nitrogen and oxygen atoms in total. The van der Waals surface area contributed by atoms with E-state index in [9.17, 15) is 4.79 Å². The van der Waals surface area contributed by atoms with Crippen LogP contribution in [-0.2, 0) is 4.74 Å². The Kier molecular flexibility index (Phi) is 4.52. The van der Waals surface area contributed by atoms with Crippen LogP contribution in [0.15, 0.2) is 60.8 Å². The van der Waals surface area contributed by atoms with Crippen molar-refractivity contribution in [2.45, 2.75) is 20.8 Å². The van der Waals surface area contributed by atoms with Crippen molar-refractivity contribution in [3.05, 3.63) is 77.6 Å². The van der Waals surface area contributed by atoms with Crippen LogP contribution in [0.5, 0.6) is 0 Å². The van der Waals surface area contributed by atoms with Crippen molar-refractivity contribution in [2.75, 3.05) is 6.61 Å². The summed E-state index contributed by atoms with van der Waals surface area (Å²) in [4.78, 5) is 12.5. The van der Waals surface area contributed by atoms with Crippen LogP contribution in [0.2, 0.25) is 0 Å². The smallest absolute Gasteiger partial charge is 0.340 e. The molecule has 0 fully saturated rings. The summed E-state index contributed by atoms with van der Waals surface area (Å²) in [5.74, 6) is -0.278. The molecule has 24 heavy (non-hydrogen) atoms. The minimum Gasteiger partial charge on any atom is -0.462 e. The fourth-order valence-electron chi connectivity index (χ4n) is 2.88. The van der Waals surface area contributed by atoms with Crippen LogP contribution in [0.3, 0.4) is 0 Å². The Labute approximate surface area is 142 Å². The Balaban J connectivity index is 2.19. The first-order chi connectivity index (χ1) is 11.6. The van der Waals surface area contributed by atoms with Gasteiger partial charge in [0.25, 0.3) is 0 Å². The summed E-state index contributed by atoms with van der Waals surface area (Å²) < 4.78 is 7.34. The third-order valence-electron chi connectivity index (χ3n) is 4.13. The number of carbonyl (C=O) groups excluding carboxylic acids is 1. The second-order valence-electron chi connectivity index (χ2n) is 5.80. The lowest BCUT2D eigenvalue weighted by Crippen LogP contribution is -2.07. The van der Waals surface area contributed by atoms with E-state index in [-0.39, 0.29) is 5.97 Å². The van der Waals surface area contributed by atoms with Gasteiger partial charge < -0.3 is 9.30 Å². The van der Waals surface area contributed by atoms with E-state index in [1.807, 2.05) is 54.9 Å². The third-order valence-corrected chi connectivity index (χ3v) is 4.13. The van der Waals surface area contributed by atoms with Gasteiger partial charge in [0.05, 0.1) is 12.2 Å². The van der Waals surface area contributed by atoms with Gasteiger partial charge in [0, 0.05) is 23.1 Å². The lowest BCUT2D eigenvalue weighted by molar-refractivity contribution is 0.0526. The van der Waals surface area contributed by atoms with Gasteiger partial charge >= 0.3 is 5.97 Å². The molecular weight excluding hydrogens is 298 g/mol.